The van der Waals surface area contributed by atoms with Gasteiger partial charge in [-0.15, -0.1) is 0 Å². The van der Waals surface area contributed by atoms with E-state index >= 15 is 0 Å². The van der Waals surface area contributed by atoms with Gasteiger partial charge in [0.1, 0.15) is 0 Å². The number of aryl methyl sites for hydroxylation is 1. The Morgan fingerprint density at radius 3 is 2.60 bits per heavy atom. The van der Waals surface area contributed by atoms with Crippen LogP contribution in [0.15, 0.2) is 24.3 Å². The van der Waals surface area contributed by atoms with Gasteiger partial charge in [-0.25, -0.2) is 8.42 Å². The van der Waals surface area contributed by atoms with Crippen LogP contribution in [0.5, 0.6) is 0 Å². The van der Waals surface area contributed by atoms with Gasteiger partial charge in [0.15, 0.2) is 10.3 Å². The van der Waals surface area contributed by atoms with E-state index in [9.17, 15) is 13.0 Å². The van der Waals surface area contributed by atoms with E-state index < -0.39 is 10.3 Å². The van der Waals surface area contributed by atoms with Gasteiger partial charge < -0.3 is 4.55 Å². The maximum absolute atomic E-state index is 10.9. The number of hydrogen-bond donors (Lipinski definition) is 0. The molecule has 0 bridgehead atoms. The average molecular weight is 235 g/mol. The van der Waals surface area contributed by atoms with Gasteiger partial charge >= 0.3 is 29.6 Å². The monoisotopic (exact) mass is 235 g/mol. The molecule has 1 aromatic rings. The second-order valence-electron chi connectivity index (χ2n) is 3.26. The van der Waals surface area contributed by atoms with E-state index in [1.54, 1.807) is 12.1 Å². The molecule has 0 atom stereocenters. The number of benzene rings is 1. The fraction of sp³-hybridized carbons (Fsp3) is 0.333. The third-order valence-corrected chi connectivity index (χ3v) is 3.26. The normalized spacial score (nSPS) is 15.4. The van der Waals surface area contributed by atoms with Crippen LogP contribution >= 0.6 is 0 Å². The molecule has 0 unspecified atom stereocenters. The zero-order chi connectivity index (χ0) is 10.2. The van der Waals surface area contributed by atoms with E-state index in [-0.39, 0.29) is 29.6 Å². The molecule has 1 aliphatic heterocycles. The van der Waals surface area contributed by atoms with Crippen LogP contribution in [0.4, 0.5) is 5.69 Å². The molecule has 0 saturated carbocycles. The van der Waals surface area contributed by atoms with Gasteiger partial charge in [0.2, 0.25) is 0 Å². The van der Waals surface area contributed by atoms with Gasteiger partial charge in [0.05, 0.1) is 5.69 Å². The number of fused-ring (bicyclic) bond motifs is 1. The Labute approximate surface area is 111 Å². The topological polar surface area (TPSA) is 60.4 Å². The van der Waals surface area contributed by atoms with Crippen LogP contribution in [0.1, 0.15) is 12.0 Å². The van der Waals surface area contributed by atoms with Crippen LogP contribution in [0, 0.1) is 0 Å². The van der Waals surface area contributed by atoms with Crippen molar-refractivity contribution in [3.8, 4) is 0 Å². The van der Waals surface area contributed by atoms with Crippen molar-refractivity contribution in [2.75, 3.05) is 10.8 Å². The number of anilines is 1. The number of hydrogen-bond acceptors (Lipinski definition) is 3. The quantitative estimate of drug-likeness (QED) is 0.414. The minimum Gasteiger partial charge on any atom is -0.731 e. The van der Waals surface area contributed by atoms with E-state index in [4.69, 9.17) is 0 Å². The molecular formula is C9H10NNaO3S. The van der Waals surface area contributed by atoms with Crippen molar-refractivity contribution in [2.24, 2.45) is 0 Å². The number of nitrogens with zero attached hydrogens (tertiary/aromatic N) is 1. The number of para-hydroxylation sites is 1. The minimum atomic E-state index is -4.36. The molecule has 0 spiro atoms. The molecule has 4 nitrogen and oxygen atoms in total. The first kappa shape index (κ1) is 13.0. The molecule has 6 heteroatoms. The molecule has 1 aromatic carbocycles. The summed E-state index contributed by atoms with van der Waals surface area (Å²) in [5.41, 5.74) is 1.46. The van der Waals surface area contributed by atoms with Crippen molar-refractivity contribution in [1.82, 2.24) is 0 Å². The third-order valence-electron chi connectivity index (χ3n) is 2.34. The van der Waals surface area contributed by atoms with Crippen molar-refractivity contribution in [2.45, 2.75) is 12.8 Å². The van der Waals surface area contributed by atoms with Crippen LogP contribution in [-0.2, 0) is 16.7 Å². The predicted octanol–water partition coefficient (Wildman–Crippen LogP) is -2.10. The first-order chi connectivity index (χ1) is 6.59. The van der Waals surface area contributed by atoms with Gasteiger partial charge in [-0.2, -0.15) is 0 Å². The molecule has 0 N–H and O–H groups in total. The summed E-state index contributed by atoms with van der Waals surface area (Å²) < 4.78 is 33.7. The van der Waals surface area contributed by atoms with E-state index in [0.717, 1.165) is 16.3 Å². The van der Waals surface area contributed by atoms with Crippen LogP contribution in [0.25, 0.3) is 0 Å². The third kappa shape index (κ3) is 2.73. The summed E-state index contributed by atoms with van der Waals surface area (Å²) in [6.07, 6.45) is 1.54. The SMILES string of the molecule is O=S(=O)([O-])N1CCCc2ccccc21.[Na+]. The fourth-order valence-electron chi connectivity index (χ4n) is 1.73. The second-order valence-corrected chi connectivity index (χ2v) is 4.56. The Bertz CT molecular complexity index is 446. The molecule has 0 saturated heterocycles. The van der Waals surface area contributed by atoms with E-state index in [0.29, 0.717) is 18.7 Å². The van der Waals surface area contributed by atoms with E-state index in [1.165, 1.54) is 0 Å². The zero-order valence-corrected chi connectivity index (χ0v) is 11.3. The molecule has 76 valence electrons. The molecule has 0 aromatic heterocycles. The summed E-state index contributed by atoms with van der Waals surface area (Å²) in [7, 11) is -4.36. The maximum Gasteiger partial charge on any atom is 1.00 e. The molecule has 0 fully saturated rings. The Kier molecular flexibility index (Phi) is 4.20. The molecule has 2 rings (SSSR count). The molecular weight excluding hydrogens is 225 g/mol. The van der Waals surface area contributed by atoms with Crippen molar-refractivity contribution in [1.29, 1.82) is 0 Å². The van der Waals surface area contributed by atoms with Gasteiger partial charge in [0.25, 0.3) is 0 Å². The van der Waals surface area contributed by atoms with Gasteiger partial charge in [-0.05, 0) is 24.5 Å². The van der Waals surface area contributed by atoms with Crippen LogP contribution in [0.3, 0.4) is 0 Å². The molecule has 15 heavy (non-hydrogen) atoms. The van der Waals surface area contributed by atoms with Gasteiger partial charge in [-0.3, -0.25) is 4.31 Å². The smallest absolute Gasteiger partial charge is 0.731 e. The summed E-state index contributed by atoms with van der Waals surface area (Å²) >= 11 is 0. The second kappa shape index (κ2) is 4.84. The zero-order valence-electron chi connectivity index (χ0n) is 8.51. The van der Waals surface area contributed by atoms with Gasteiger partial charge in [-0.1, -0.05) is 18.2 Å². The Balaban J connectivity index is 0.00000112. The summed E-state index contributed by atoms with van der Waals surface area (Å²) in [4.78, 5) is 0. The largest absolute Gasteiger partial charge is 1.00 e. The molecule has 1 heterocycles. The Morgan fingerprint density at radius 1 is 1.27 bits per heavy atom. The molecule has 0 aliphatic carbocycles. The maximum atomic E-state index is 10.9. The summed E-state index contributed by atoms with van der Waals surface area (Å²) in [5.74, 6) is 0. The van der Waals surface area contributed by atoms with Crippen LogP contribution in [0.2, 0.25) is 0 Å². The first-order valence-electron chi connectivity index (χ1n) is 4.40. The fourth-order valence-corrected chi connectivity index (χ4v) is 2.50. The van der Waals surface area contributed by atoms with Crippen molar-refractivity contribution in [3.63, 3.8) is 0 Å². The summed E-state index contributed by atoms with van der Waals surface area (Å²) in [6.45, 7) is 0.294. The van der Waals surface area contributed by atoms with Crippen LogP contribution in [-0.4, -0.2) is 19.5 Å². The summed E-state index contributed by atoms with van der Waals surface area (Å²) in [6, 6.07) is 7.11. The van der Waals surface area contributed by atoms with Crippen LogP contribution < -0.4 is 33.9 Å². The van der Waals surface area contributed by atoms with Gasteiger partial charge in [0, 0.05) is 6.54 Å². The van der Waals surface area contributed by atoms with E-state index in [1.807, 2.05) is 12.1 Å². The first-order valence-corrected chi connectivity index (χ1v) is 5.77. The summed E-state index contributed by atoms with van der Waals surface area (Å²) in [5, 5.41) is 0. The van der Waals surface area contributed by atoms with Crippen molar-refractivity contribution >= 4 is 16.0 Å². The Hall–Kier alpha value is -0.0700. The minimum absolute atomic E-state index is 0. The predicted molar refractivity (Wildman–Crippen MR) is 51.8 cm³/mol. The van der Waals surface area contributed by atoms with E-state index in [2.05, 4.69) is 0 Å². The Morgan fingerprint density at radius 2 is 1.93 bits per heavy atom. The standard InChI is InChI=1S/C9H11NO3S.Na/c11-14(12,13)10-7-3-5-8-4-1-2-6-9(8)10;/h1-2,4,6H,3,5,7H2,(H,11,12,13);/q;+1/p-1. The molecule has 1 aliphatic rings. The molecule has 0 amide bonds. The molecule has 0 radical (unpaired) electrons. The van der Waals surface area contributed by atoms with Crippen molar-refractivity contribution < 1.29 is 42.5 Å². The van der Waals surface area contributed by atoms with Crippen molar-refractivity contribution in [3.05, 3.63) is 29.8 Å². The number of rotatable bonds is 1. The average Bonchev–Trinajstić information content (AvgIpc) is 2.15.